The number of rotatable bonds is 1. The summed E-state index contributed by atoms with van der Waals surface area (Å²) in [6.07, 6.45) is 1.10. The Kier molecular flexibility index (Phi) is 6.75. The fourth-order valence-electron chi connectivity index (χ4n) is 0.534. The third-order valence-corrected chi connectivity index (χ3v) is 1.23. The molecule has 1 aromatic rings. The highest BCUT2D eigenvalue weighted by molar-refractivity contribution is 5.11. The molecule has 0 aromatic heterocycles. The van der Waals surface area contributed by atoms with Crippen LogP contribution < -0.4 is 5.73 Å². The first-order valence-corrected chi connectivity index (χ1v) is 4.03. The zero-order valence-electron chi connectivity index (χ0n) is 7.38. The zero-order valence-corrected chi connectivity index (χ0v) is 7.38. The smallest absolute Gasteiger partial charge is 0.00799 e. The first-order valence-electron chi connectivity index (χ1n) is 4.03. The first-order chi connectivity index (χ1) is 5.31. The van der Waals surface area contributed by atoms with E-state index in [4.69, 9.17) is 5.73 Å². The second-order valence-corrected chi connectivity index (χ2v) is 2.44. The van der Waals surface area contributed by atoms with Gasteiger partial charge in [0.1, 0.15) is 0 Å². The van der Waals surface area contributed by atoms with Gasteiger partial charge in [-0.05, 0) is 19.9 Å². The van der Waals surface area contributed by atoms with E-state index < -0.39 is 0 Å². The molecule has 0 aliphatic rings. The second-order valence-electron chi connectivity index (χ2n) is 2.44. The van der Waals surface area contributed by atoms with Crippen LogP contribution in [-0.4, -0.2) is 6.54 Å². The van der Waals surface area contributed by atoms with Crippen LogP contribution >= 0.6 is 0 Å². The summed E-state index contributed by atoms with van der Waals surface area (Å²) in [6.45, 7) is 4.96. The Hall–Kier alpha value is -0.820. The second kappa shape index (κ2) is 7.29. The molecule has 0 aliphatic heterocycles. The van der Waals surface area contributed by atoms with Crippen molar-refractivity contribution < 1.29 is 0 Å². The van der Waals surface area contributed by atoms with Crippen molar-refractivity contribution in [3.63, 3.8) is 0 Å². The first kappa shape index (κ1) is 10.2. The summed E-state index contributed by atoms with van der Waals surface area (Å²) in [4.78, 5) is 0. The van der Waals surface area contributed by atoms with Gasteiger partial charge in [0.2, 0.25) is 0 Å². The molecule has 0 heterocycles. The van der Waals surface area contributed by atoms with Crippen LogP contribution in [0.25, 0.3) is 0 Å². The third-order valence-electron chi connectivity index (χ3n) is 1.23. The van der Waals surface area contributed by atoms with Crippen LogP contribution in [0, 0.1) is 6.92 Å². The predicted molar refractivity (Wildman–Crippen MR) is 50.5 cm³/mol. The molecule has 2 N–H and O–H groups in total. The Labute approximate surface area is 69.2 Å². The van der Waals surface area contributed by atoms with Crippen molar-refractivity contribution >= 4 is 0 Å². The topological polar surface area (TPSA) is 26.0 Å². The molecule has 0 atom stereocenters. The van der Waals surface area contributed by atoms with Crippen LogP contribution in [-0.2, 0) is 0 Å². The molecule has 0 unspecified atom stereocenters. The van der Waals surface area contributed by atoms with Gasteiger partial charge < -0.3 is 5.73 Å². The van der Waals surface area contributed by atoms with E-state index in [0.717, 1.165) is 13.0 Å². The van der Waals surface area contributed by atoms with E-state index in [1.165, 1.54) is 5.56 Å². The molecule has 0 aliphatic carbocycles. The molecule has 11 heavy (non-hydrogen) atoms. The minimum absolute atomic E-state index is 0.819. The number of benzene rings is 1. The highest BCUT2D eigenvalue weighted by Gasteiger charge is 1.72. The van der Waals surface area contributed by atoms with E-state index in [1.807, 2.05) is 18.2 Å². The molecule has 0 amide bonds. The maximum absolute atomic E-state index is 5.03. The molecule has 0 saturated carbocycles. The number of aryl methyl sites for hydroxylation is 1. The van der Waals surface area contributed by atoms with Crippen LogP contribution in [0.3, 0.4) is 0 Å². The fraction of sp³-hybridized carbons (Fsp3) is 0.400. The lowest BCUT2D eigenvalue weighted by Gasteiger charge is -1.82. The summed E-state index contributed by atoms with van der Waals surface area (Å²) in [5.74, 6) is 0. The van der Waals surface area contributed by atoms with Gasteiger partial charge in [0.15, 0.2) is 0 Å². The predicted octanol–water partition coefficient (Wildman–Crippen LogP) is 2.35. The van der Waals surface area contributed by atoms with E-state index in [1.54, 1.807) is 0 Å². The summed E-state index contributed by atoms with van der Waals surface area (Å²) in [6, 6.07) is 10.3. The van der Waals surface area contributed by atoms with Crippen LogP contribution in [0.2, 0.25) is 0 Å². The largest absolute Gasteiger partial charge is 0.330 e. The van der Waals surface area contributed by atoms with Crippen LogP contribution in [0.5, 0.6) is 0 Å². The number of hydrogen-bond donors (Lipinski definition) is 1. The summed E-state index contributed by atoms with van der Waals surface area (Å²) < 4.78 is 0. The van der Waals surface area contributed by atoms with Gasteiger partial charge in [0.05, 0.1) is 0 Å². The van der Waals surface area contributed by atoms with Crippen molar-refractivity contribution in [1.82, 2.24) is 0 Å². The number of hydrogen-bond acceptors (Lipinski definition) is 1. The molecule has 0 radical (unpaired) electrons. The van der Waals surface area contributed by atoms with Gasteiger partial charge in [-0.1, -0.05) is 42.8 Å². The lowest BCUT2D eigenvalue weighted by molar-refractivity contribution is 0.932. The highest BCUT2D eigenvalue weighted by Crippen LogP contribution is 1.92. The molecular weight excluding hydrogens is 134 g/mol. The summed E-state index contributed by atoms with van der Waals surface area (Å²) in [5.41, 5.74) is 6.35. The van der Waals surface area contributed by atoms with E-state index in [9.17, 15) is 0 Å². The van der Waals surface area contributed by atoms with Gasteiger partial charge in [-0.15, -0.1) is 0 Å². The van der Waals surface area contributed by atoms with Gasteiger partial charge in [0.25, 0.3) is 0 Å². The van der Waals surface area contributed by atoms with E-state index in [2.05, 4.69) is 26.0 Å². The van der Waals surface area contributed by atoms with E-state index in [0.29, 0.717) is 0 Å². The standard InChI is InChI=1S/C7H8.C3H9N/c1-7-5-3-2-4-6-7;1-2-3-4/h2-6H,1H3;2-4H2,1H3. The van der Waals surface area contributed by atoms with Gasteiger partial charge in [-0.25, -0.2) is 0 Å². The molecule has 1 aromatic carbocycles. The molecular formula is C10H17N. The maximum atomic E-state index is 5.03. The Balaban J connectivity index is 0.000000218. The lowest BCUT2D eigenvalue weighted by Crippen LogP contribution is -1.93. The molecule has 0 bridgehead atoms. The van der Waals surface area contributed by atoms with Crippen molar-refractivity contribution in [3.05, 3.63) is 35.9 Å². The Morgan fingerprint density at radius 3 is 1.82 bits per heavy atom. The minimum Gasteiger partial charge on any atom is -0.330 e. The minimum atomic E-state index is 0.819. The molecule has 0 fully saturated rings. The van der Waals surface area contributed by atoms with E-state index in [-0.39, 0.29) is 0 Å². The summed E-state index contributed by atoms with van der Waals surface area (Å²) >= 11 is 0. The molecule has 0 saturated heterocycles. The summed E-state index contributed by atoms with van der Waals surface area (Å²) in [5, 5.41) is 0. The average molecular weight is 151 g/mol. The van der Waals surface area contributed by atoms with Gasteiger partial charge in [-0.2, -0.15) is 0 Å². The van der Waals surface area contributed by atoms with E-state index >= 15 is 0 Å². The zero-order chi connectivity index (χ0) is 8.53. The van der Waals surface area contributed by atoms with Gasteiger partial charge >= 0.3 is 0 Å². The van der Waals surface area contributed by atoms with Crippen molar-refractivity contribution in [2.75, 3.05) is 6.54 Å². The quantitative estimate of drug-likeness (QED) is 0.655. The SMILES string of the molecule is CCCN.Cc1ccccc1. The normalized spacial score (nSPS) is 8.27. The van der Waals surface area contributed by atoms with Gasteiger partial charge in [-0.3, -0.25) is 0 Å². The van der Waals surface area contributed by atoms with Crippen molar-refractivity contribution in [2.45, 2.75) is 20.3 Å². The van der Waals surface area contributed by atoms with Crippen LogP contribution in [0.15, 0.2) is 30.3 Å². The van der Waals surface area contributed by atoms with Crippen molar-refractivity contribution in [2.24, 2.45) is 5.73 Å². The van der Waals surface area contributed by atoms with Crippen molar-refractivity contribution in [1.29, 1.82) is 0 Å². The third kappa shape index (κ3) is 7.07. The number of nitrogens with two attached hydrogens (primary N) is 1. The molecule has 1 nitrogen and oxygen atoms in total. The molecule has 62 valence electrons. The maximum Gasteiger partial charge on any atom is -0.00799 e. The highest BCUT2D eigenvalue weighted by atomic mass is 14.5. The molecule has 0 spiro atoms. The Morgan fingerprint density at radius 1 is 1.18 bits per heavy atom. The fourth-order valence-corrected chi connectivity index (χ4v) is 0.534. The van der Waals surface area contributed by atoms with Gasteiger partial charge in [0, 0.05) is 0 Å². The Bertz CT molecular complexity index is 156. The molecule has 1 rings (SSSR count). The van der Waals surface area contributed by atoms with Crippen LogP contribution in [0.1, 0.15) is 18.9 Å². The Morgan fingerprint density at radius 2 is 1.64 bits per heavy atom. The van der Waals surface area contributed by atoms with Crippen molar-refractivity contribution in [3.8, 4) is 0 Å². The lowest BCUT2D eigenvalue weighted by atomic mass is 10.2. The summed E-state index contributed by atoms with van der Waals surface area (Å²) in [7, 11) is 0. The van der Waals surface area contributed by atoms with Crippen LogP contribution in [0.4, 0.5) is 0 Å². The molecule has 1 heteroatoms. The average Bonchev–Trinajstić information content (AvgIpc) is 2.07. The monoisotopic (exact) mass is 151 g/mol.